The molecule has 62 valence electrons. The number of nitrogens with zero attached hydrogens (tertiary/aromatic N) is 1. The lowest BCUT2D eigenvalue weighted by Gasteiger charge is -1.96. The third-order valence-corrected chi connectivity index (χ3v) is 3.62. The summed E-state index contributed by atoms with van der Waals surface area (Å²) in [6, 6.07) is 0. The first-order chi connectivity index (χ1) is 5.70. The number of aromatic nitrogens is 2. The average Bonchev–Trinajstić information content (AvgIpc) is 2.41. The maximum atomic E-state index is 6.06. The van der Waals surface area contributed by atoms with Gasteiger partial charge in [0.1, 0.15) is 5.65 Å². The molecule has 2 aromatic heterocycles. The van der Waals surface area contributed by atoms with Crippen molar-refractivity contribution in [2.24, 2.45) is 0 Å². The van der Waals surface area contributed by atoms with Gasteiger partial charge in [-0.2, -0.15) is 0 Å². The molecule has 2 rings (SSSR count). The fourth-order valence-corrected chi connectivity index (χ4v) is 2.38. The van der Waals surface area contributed by atoms with Crippen LogP contribution in [0.5, 0.6) is 0 Å². The van der Waals surface area contributed by atoms with Crippen molar-refractivity contribution in [3.05, 3.63) is 25.5 Å². The van der Waals surface area contributed by atoms with E-state index in [9.17, 15) is 0 Å². The zero-order valence-electron chi connectivity index (χ0n) is 5.74. The molecule has 0 saturated heterocycles. The summed E-state index contributed by atoms with van der Waals surface area (Å²) in [4.78, 5) is 7.20. The number of H-pyrrole nitrogens is 1. The Hall–Kier alpha value is 0.190. The largest absolute Gasteiger partial charge is 0.345 e. The highest BCUT2D eigenvalue weighted by Gasteiger charge is 2.08. The van der Waals surface area contributed by atoms with Crippen LogP contribution in [0.1, 0.15) is 0 Å². The van der Waals surface area contributed by atoms with E-state index in [2.05, 4.69) is 48.5 Å². The third-order valence-electron chi connectivity index (χ3n) is 1.55. The molecule has 0 amide bonds. The first-order valence-corrected chi connectivity index (χ1v) is 5.41. The Morgan fingerprint density at radius 2 is 2.33 bits per heavy atom. The van der Waals surface area contributed by atoms with Gasteiger partial charge in [0.2, 0.25) is 0 Å². The number of rotatable bonds is 0. The Labute approximate surface area is 96.0 Å². The number of pyridine rings is 1. The van der Waals surface area contributed by atoms with Gasteiger partial charge < -0.3 is 4.98 Å². The average molecular weight is 357 g/mol. The fourth-order valence-electron chi connectivity index (χ4n) is 0.997. The molecule has 0 aromatic carbocycles. The Balaban J connectivity index is 2.96. The maximum absolute atomic E-state index is 6.06. The van der Waals surface area contributed by atoms with E-state index < -0.39 is 0 Å². The molecule has 0 radical (unpaired) electrons. The van der Waals surface area contributed by atoms with Gasteiger partial charge in [0.25, 0.3) is 0 Å². The van der Waals surface area contributed by atoms with Crippen LogP contribution in [-0.2, 0) is 0 Å². The van der Waals surface area contributed by atoms with Crippen molar-refractivity contribution in [3.63, 3.8) is 0 Å². The molecule has 5 heteroatoms. The SMILES string of the molecule is Clc1c(Br)cnc2[nH]cc(I)c12. The van der Waals surface area contributed by atoms with E-state index in [-0.39, 0.29) is 0 Å². The topological polar surface area (TPSA) is 28.7 Å². The minimum Gasteiger partial charge on any atom is -0.345 e. The lowest BCUT2D eigenvalue weighted by molar-refractivity contribution is 1.31. The molecule has 2 heterocycles. The normalized spacial score (nSPS) is 10.9. The molecule has 2 aromatic rings. The van der Waals surface area contributed by atoms with Crippen LogP contribution in [0.2, 0.25) is 5.02 Å². The van der Waals surface area contributed by atoms with Gasteiger partial charge in [0, 0.05) is 16.0 Å². The summed E-state index contributed by atoms with van der Waals surface area (Å²) < 4.78 is 1.91. The van der Waals surface area contributed by atoms with Crippen LogP contribution in [0.15, 0.2) is 16.9 Å². The van der Waals surface area contributed by atoms with E-state index in [1.54, 1.807) is 6.20 Å². The Morgan fingerprint density at radius 3 is 3.08 bits per heavy atom. The van der Waals surface area contributed by atoms with Crippen molar-refractivity contribution < 1.29 is 0 Å². The third kappa shape index (κ3) is 1.25. The summed E-state index contributed by atoms with van der Waals surface area (Å²) in [6.07, 6.45) is 3.58. The van der Waals surface area contributed by atoms with Crippen molar-refractivity contribution in [2.75, 3.05) is 0 Å². The van der Waals surface area contributed by atoms with Gasteiger partial charge in [-0.25, -0.2) is 4.98 Å². The van der Waals surface area contributed by atoms with E-state index in [4.69, 9.17) is 11.6 Å². The summed E-state index contributed by atoms with van der Waals surface area (Å²) in [5, 5.41) is 1.69. The lowest BCUT2D eigenvalue weighted by Crippen LogP contribution is -1.78. The van der Waals surface area contributed by atoms with Crippen molar-refractivity contribution in [1.29, 1.82) is 0 Å². The maximum Gasteiger partial charge on any atom is 0.139 e. The zero-order chi connectivity index (χ0) is 8.72. The summed E-state index contributed by atoms with van der Waals surface area (Å²) >= 11 is 11.6. The van der Waals surface area contributed by atoms with Gasteiger partial charge in [-0.05, 0) is 38.5 Å². The van der Waals surface area contributed by atoms with Crippen LogP contribution < -0.4 is 0 Å². The summed E-state index contributed by atoms with van der Waals surface area (Å²) in [6.45, 7) is 0. The van der Waals surface area contributed by atoms with Gasteiger partial charge in [0.15, 0.2) is 0 Å². The van der Waals surface area contributed by atoms with Gasteiger partial charge in [-0.1, -0.05) is 11.6 Å². The molecular weight excluding hydrogens is 354 g/mol. The molecule has 0 saturated carbocycles. The van der Waals surface area contributed by atoms with E-state index in [0.717, 1.165) is 19.1 Å². The summed E-state index contributed by atoms with van der Waals surface area (Å²) in [7, 11) is 0. The Kier molecular flexibility index (Phi) is 2.31. The van der Waals surface area contributed by atoms with Gasteiger partial charge in [0.05, 0.1) is 14.9 Å². The number of aromatic amines is 1. The second kappa shape index (κ2) is 3.16. The van der Waals surface area contributed by atoms with Gasteiger partial charge >= 0.3 is 0 Å². The van der Waals surface area contributed by atoms with Crippen molar-refractivity contribution in [1.82, 2.24) is 9.97 Å². The van der Waals surface area contributed by atoms with E-state index in [0.29, 0.717) is 5.02 Å². The molecule has 12 heavy (non-hydrogen) atoms. The van der Waals surface area contributed by atoms with E-state index in [1.807, 2.05) is 6.20 Å². The number of hydrogen-bond donors (Lipinski definition) is 1. The summed E-state index contributed by atoms with van der Waals surface area (Å²) in [5.41, 5.74) is 0.826. The molecule has 2 nitrogen and oxygen atoms in total. The molecule has 0 aliphatic rings. The highest BCUT2D eigenvalue weighted by atomic mass is 127. The number of halogens is 3. The predicted molar refractivity (Wildman–Crippen MR) is 61.5 cm³/mol. The molecule has 0 atom stereocenters. The molecule has 0 fully saturated rings. The lowest BCUT2D eigenvalue weighted by atomic mass is 10.3. The standard InChI is InChI=1S/C7H3BrClIN2/c8-3-1-11-7-5(6(3)9)4(10)2-12-7/h1-2H,(H,11,12). The zero-order valence-corrected chi connectivity index (χ0v) is 10.2. The molecule has 0 aliphatic carbocycles. The number of nitrogens with one attached hydrogen (secondary N) is 1. The smallest absolute Gasteiger partial charge is 0.139 e. The van der Waals surface area contributed by atoms with Crippen LogP contribution in [0.25, 0.3) is 11.0 Å². The molecule has 0 bridgehead atoms. The van der Waals surface area contributed by atoms with Crippen LogP contribution >= 0.6 is 50.1 Å². The highest BCUT2D eigenvalue weighted by Crippen LogP contribution is 2.31. The van der Waals surface area contributed by atoms with Crippen LogP contribution in [0.4, 0.5) is 0 Å². The van der Waals surface area contributed by atoms with Gasteiger partial charge in [-0.3, -0.25) is 0 Å². The molecular formula is C7H3BrClIN2. The van der Waals surface area contributed by atoms with Crippen molar-refractivity contribution >= 4 is 61.2 Å². The van der Waals surface area contributed by atoms with Crippen LogP contribution in [0, 0.1) is 3.57 Å². The Morgan fingerprint density at radius 1 is 1.58 bits per heavy atom. The molecule has 1 N–H and O–H groups in total. The quantitative estimate of drug-likeness (QED) is 0.718. The first-order valence-electron chi connectivity index (χ1n) is 3.16. The predicted octanol–water partition coefficient (Wildman–Crippen LogP) is 3.58. The minimum absolute atomic E-state index is 0.714. The number of fused-ring (bicyclic) bond motifs is 1. The highest BCUT2D eigenvalue weighted by molar-refractivity contribution is 14.1. The van der Waals surface area contributed by atoms with Gasteiger partial charge in [-0.15, -0.1) is 0 Å². The van der Waals surface area contributed by atoms with Crippen LogP contribution in [-0.4, -0.2) is 9.97 Å². The molecule has 0 unspecified atom stereocenters. The number of hydrogen-bond acceptors (Lipinski definition) is 1. The first kappa shape index (κ1) is 8.77. The van der Waals surface area contributed by atoms with Crippen molar-refractivity contribution in [2.45, 2.75) is 0 Å². The summed E-state index contributed by atoms with van der Waals surface area (Å²) in [5.74, 6) is 0. The molecule has 0 spiro atoms. The fraction of sp³-hybridized carbons (Fsp3) is 0. The Bertz CT molecular complexity index is 440. The van der Waals surface area contributed by atoms with Crippen molar-refractivity contribution in [3.8, 4) is 0 Å². The molecule has 0 aliphatic heterocycles. The minimum atomic E-state index is 0.714. The monoisotopic (exact) mass is 356 g/mol. The van der Waals surface area contributed by atoms with E-state index in [1.165, 1.54) is 0 Å². The second-order valence-corrected chi connectivity index (χ2v) is 4.67. The second-order valence-electron chi connectivity index (χ2n) is 2.28. The van der Waals surface area contributed by atoms with E-state index >= 15 is 0 Å². The van der Waals surface area contributed by atoms with Crippen LogP contribution in [0.3, 0.4) is 0 Å².